The molecule has 0 amide bonds. The first kappa shape index (κ1) is 16.4. The second-order valence-electron chi connectivity index (χ2n) is 4.75. The van der Waals surface area contributed by atoms with Crippen molar-refractivity contribution in [3.63, 3.8) is 0 Å². The topological polar surface area (TPSA) is 3.24 Å². The second kappa shape index (κ2) is 6.01. The first-order chi connectivity index (χ1) is 9.70. The van der Waals surface area contributed by atoms with Crippen LogP contribution in [0.1, 0.15) is 5.56 Å². The van der Waals surface area contributed by atoms with E-state index in [4.69, 9.17) is 0 Å². The third kappa shape index (κ3) is 3.61. The molecule has 0 aliphatic heterocycles. The van der Waals surface area contributed by atoms with E-state index in [9.17, 15) is 13.2 Å². The van der Waals surface area contributed by atoms with Gasteiger partial charge >= 0.3 is 6.18 Å². The summed E-state index contributed by atoms with van der Waals surface area (Å²) >= 11 is 6.63. The molecule has 0 aliphatic rings. The van der Waals surface area contributed by atoms with Crippen molar-refractivity contribution in [2.45, 2.75) is 6.18 Å². The molecule has 0 spiro atoms. The lowest BCUT2D eigenvalue weighted by Crippen LogP contribution is -2.13. The number of hydrogen-bond donors (Lipinski definition) is 0. The molecule has 0 saturated carbocycles. The van der Waals surface area contributed by atoms with Crippen molar-refractivity contribution >= 4 is 37.5 Å². The summed E-state index contributed by atoms with van der Waals surface area (Å²) < 4.78 is 41.5. The highest BCUT2D eigenvalue weighted by Gasteiger charge is 2.34. The summed E-state index contributed by atoms with van der Waals surface area (Å²) in [5.74, 6) is 0. The number of nitrogens with zero attached hydrogens (tertiary/aromatic N) is 1. The molecule has 21 heavy (non-hydrogen) atoms. The first-order valence-electron chi connectivity index (χ1n) is 6.04. The van der Waals surface area contributed by atoms with E-state index in [1.54, 1.807) is 43.3 Å². The zero-order valence-electron chi connectivity index (χ0n) is 11.3. The van der Waals surface area contributed by atoms with E-state index in [1.807, 2.05) is 0 Å². The van der Waals surface area contributed by atoms with Crippen molar-refractivity contribution in [1.29, 1.82) is 0 Å². The van der Waals surface area contributed by atoms with Gasteiger partial charge < -0.3 is 4.90 Å². The van der Waals surface area contributed by atoms with Crippen molar-refractivity contribution in [1.82, 2.24) is 0 Å². The van der Waals surface area contributed by atoms with Crippen LogP contribution in [0.3, 0.4) is 0 Å². The predicted molar refractivity (Wildman–Crippen MR) is 86.6 cm³/mol. The Balaban J connectivity index is 2.73. The maximum absolute atomic E-state index is 13.4. The maximum atomic E-state index is 13.4. The fraction of sp³-hybridized carbons (Fsp3) is 0.200. The normalized spacial score (nSPS) is 11.6. The molecule has 0 unspecified atom stereocenters. The van der Waals surface area contributed by atoms with E-state index >= 15 is 0 Å². The molecule has 0 atom stereocenters. The van der Waals surface area contributed by atoms with E-state index in [0.29, 0.717) is 15.7 Å². The first-order valence-corrected chi connectivity index (χ1v) is 7.63. The van der Waals surface area contributed by atoms with Crippen LogP contribution >= 0.6 is 31.9 Å². The molecule has 112 valence electrons. The molecule has 0 saturated heterocycles. The Morgan fingerprint density at radius 2 is 1.67 bits per heavy atom. The van der Waals surface area contributed by atoms with Crippen molar-refractivity contribution in [3.8, 4) is 11.1 Å². The van der Waals surface area contributed by atoms with Crippen LogP contribution in [0, 0.1) is 0 Å². The van der Waals surface area contributed by atoms with Gasteiger partial charge in [-0.05, 0) is 51.3 Å². The Hall–Kier alpha value is -1.01. The molecule has 0 fully saturated rings. The highest BCUT2D eigenvalue weighted by atomic mass is 79.9. The molecule has 2 rings (SSSR count). The van der Waals surface area contributed by atoms with Crippen molar-refractivity contribution in [2.75, 3.05) is 19.0 Å². The summed E-state index contributed by atoms with van der Waals surface area (Å²) in [4.78, 5) is 1.64. The van der Waals surface area contributed by atoms with Crippen LogP contribution in [0.2, 0.25) is 0 Å². The number of rotatable bonds is 2. The van der Waals surface area contributed by atoms with Gasteiger partial charge in [-0.1, -0.05) is 28.1 Å². The highest BCUT2D eigenvalue weighted by molar-refractivity contribution is 9.10. The number of anilines is 1. The van der Waals surface area contributed by atoms with Gasteiger partial charge in [-0.2, -0.15) is 13.2 Å². The minimum Gasteiger partial charge on any atom is -0.377 e. The minimum absolute atomic E-state index is 0.154. The highest BCUT2D eigenvalue weighted by Crippen LogP contribution is 2.42. The molecular weight excluding hydrogens is 411 g/mol. The molecule has 0 bridgehead atoms. The molecule has 0 radical (unpaired) electrons. The van der Waals surface area contributed by atoms with Crippen LogP contribution in [0.15, 0.2) is 45.3 Å². The Bertz CT molecular complexity index is 666. The van der Waals surface area contributed by atoms with E-state index in [2.05, 4.69) is 31.9 Å². The van der Waals surface area contributed by atoms with Gasteiger partial charge in [-0.25, -0.2) is 0 Å². The second-order valence-corrected chi connectivity index (χ2v) is 6.52. The minimum atomic E-state index is -4.41. The summed E-state index contributed by atoms with van der Waals surface area (Å²) in [6, 6.07) is 9.51. The molecule has 1 nitrogen and oxygen atoms in total. The Morgan fingerprint density at radius 3 is 2.19 bits per heavy atom. The number of hydrogen-bond acceptors (Lipinski definition) is 1. The fourth-order valence-corrected chi connectivity index (χ4v) is 3.13. The van der Waals surface area contributed by atoms with E-state index in [1.165, 1.54) is 12.1 Å². The maximum Gasteiger partial charge on any atom is 0.417 e. The summed E-state index contributed by atoms with van der Waals surface area (Å²) in [5.41, 5.74) is 0.512. The van der Waals surface area contributed by atoms with Crippen LogP contribution in [0.25, 0.3) is 11.1 Å². The standard InChI is InChI=1S/C15H12Br2F3N/c1-21(2)14-8-12(15(18,19)20)11(7-13(14)17)9-4-3-5-10(16)6-9/h3-8H,1-2H3. The van der Waals surface area contributed by atoms with Crippen LogP contribution < -0.4 is 4.90 Å². The van der Waals surface area contributed by atoms with E-state index in [-0.39, 0.29) is 5.56 Å². The van der Waals surface area contributed by atoms with Gasteiger partial charge in [0, 0.05) is 23.0 Å². The Labute approximate surface area is 138 Å². The zero-order chi connectivity index (χ0) is 15.8. The number of benzene rings is 2. The van der Waals surface area contributed by atoms with Crippen LogP contribution in [-0.2, 0) is 6.18 Å². The van der Waals surface area contributed by atoms with Gasteiger partial charge in [-0.15, -0.1) is 0 Å². The monoisotopic (exact) mass is 421 g/mol. The number of alkyl halides is 3. The summed E-state index contributed by atoms with van der Waals surface area (Å²) in [5, 5.41) is 0. The van der Waals surface area contributed by atoms with Gasteiger partial charge in [0.25, 0.3) is 0 Å². The predicted octanol–water partition coefficient (Wildman–Crippen LogP) is 5.96. The van der Waals surface area contributed by atoms with Crippen molar-refractivity contribution in [3.05, 3.63) is 50.9 Å². The summed E-state index contributed by atoms with van der Waals surface area (Å²) in [6.07, 6.45) is -4.41. The van der Waals surface area contributed by atoms with Gasteiger partial charge in [0.1, 0.15) is 0 Å². The molecule has 0 heterocycles. The van der Waals surface area contributed by atoms with Crippen LogP contribution in [0.5, 0.6) is 0 Å². The van der Waals surface area contributed by atoms with Gasteiger partial charge in [0.15, 0.2) is 0 Å². The SMILES string of the molecule is CN(C)c1cc(C(F)(F)F)c(-c2cccc(Br)c2)cc1Br. The lowest BCUT2D eigenvalue weighted by atomic mass is 9.98. The molecule has 0 N–H and O–H groups in total. The van der Waals surface area contributed by atoms with Crippen LogP contribution in [-0.4, -0.2) is 14.1 Å². The molecular formula is C15H12Br2F3N. The molecule has 0 aromatic heterocycles. The zero-order valence-corrected chi connectivity index (χ0v) is 14.5. The average molecular weight is 423 g/mol. The number of halogens is 5. The van der Waals surface area contributed by atoms with Gasteiger partial charge in [0.05, 0.1) is 11.3 Å². The Kier molecular flexibility index (Phi) is 4.68. The quantitative estimate of drug-likeness (QED) is 0.576. The average Bonchev–Trinajstić information content (AvgIpc) is 2.36. The van der Waals surface area contributed by atoms with Crippen molar-refractivity contribution in [2.24, 2.45) is 0 Å². The Morgan fingerprint density at radius 1 is 1.00 bits per heavy atom. The molecule has 2 aromatic carbocycles. The lowest BCUT2D eigenvalue weighted by molar-refractivity contribution is -0.137. The molecule has 2 aromatic rings. The van der Waals surface area contributed by atoms with Crippen LogP contribution in [0.4, 0.5) is 18.9 Å². The third-order valence-corrected chi connectivity index (χ3v) is 4.14. The van der Waals surface area contributed by atoms with E-state index in [0.717, 1.165) is 4.47 Å². The van der Waals surface area contributed by atoms with Gasteiger partial charge in [-0.3, -0.25) is 0 Å². The molecule has 0 aliphatic carbocycles. The summed E-state index contributed by atoms with van der Waals surface area (Å²) in [7, 11) is 3.41. The molecule has 6 heteroatoms. The lowest BCUT2D eigenvalue weighted by Gasteiger charge is -2.20. The van der Waals surface area contributed by atoms with Crippen molar-refractivity contribution < 1.29 is 13.2 Å². The summed E-state index contributed by atoms with van der Waals surface area (Å²) in [6.45, 7) is 0. The smallest absolute Gasteiger partial charge is 0.377 e. The third-order valence-electron chi connectivity index (χ3n) is 3.01. The fourth-order valence-electron chi connectivity index (χ4n) is 2.03. The van der Waals surface area contributed by atoms with Gasteiger partial charge in [0.2, 0.25) is 0 Å². The van der Waals surface area contributed by atoms with E-state index < -0.39 is 11.7 Å². The largest absolute Gasteiger partial charge is 0.417 e.